The highest BCUT2D eigenvalue weighted by molar-refractivity contribution is 6.31. The first-order valence-electron chi connectivity index (χ1n) is 7.51. The minimum atomic E-state index is 0.709. The number of rotatable bonds is 4. The highest BCUT2D eigenvalue weighted by Crippen LogP contribution is 2.23. The quantitative estimate of drug-likeness (QED) is 0.532. The molecule has 0 aliphatic heterocycles. The van der Waals surface area contributed by atoms with Crippen LogP contribution in [0, 0.1) is 0 Å². The summed E-state index contributed by atoms with van der Waals surface area (Å²) in [5, 5.41) is 13.8. The van der Waals surface area contributed by atoms with Gasteiger partial charge in [-0.05, 0) is 17.7 Å². The van der Waals surface area contributed by atoms with Crippen molar-refractivity contribution in [2.45, 2.75) is 6.54 Å². The van der Waals surface area contributed by atoms with Crippen molar-refractivity contribution in [2.75, 3.05) is 0 Å². The standard InChI is InChI=1S/C18H14ClN5/c19-17-7-3-1-5-14(17)10-23-11-15(9-22-24-12-20-21-13-24)16-6-2-4-8-18(16)23/h1-9,11-13H,10H2/b22-9-. The van der Waals surface area contributed by atoms with Crippen LogP contribution in [0.4, 0.5) is 0 Å². The molecule has 0 saturated heterocycles. The van der Waals surface area contributed by atoms with Gasteiger partial charge in [0, 0.05) is 34.2 Å². The molecule has 0 bridgehead atoms. The highest BCUT2D eigenvalue weighted by Gasteiger charge is 2.08. The van der Waals surface area contributed by atoms with Crippen LogP contribution in [0.3, 0.4) is 0 Å². The molecule has 0 radical (unpaired) electrons. The second-order valence-electron chi connectivity index (χ2n) is 5.41. The van der Waals surface area contributed by atoms with Crippen LogP contribution in [0.25, 0.3) is 10.9 Å². The summed E-state index contributed by atoms with van der Waals surface area (Å²) in [7, 11) is 0. The maximum absolute atomic E-state index is 6.30. The third kappa shape index (κ3) is 2.81. The molecular formula is C18H14ClN5. The molecule has 0 fully saturated rings. The molecule has 2 heterocycles. The third-order valence-corrected chi connectivity index (χ3v) is 4.22. The Hall–Kier alpha value is -2.92. The molecular weight excluding hydrogens is 322 g/mol. The summed E-state index contributed by atoms with van der Waals surface area (Å²) >= 11 is 6.30. The van der Waals surface area contributed by atoms with Gasteiger partial charge >= 0.3 is 0 Å². The number of aromatic nitrogens is 4. The molecule has 24 heavy (non-hydrogen) atoms. The van der Waals surface area contributed by atoms with Gasteiger partial charge in [0.25, 0.3) is 0 Å². The summed E-state index contributed by atoms with van der Waals surface area (Å²) in [6.45, 7) is 0.709. The molecule has 5 nitrogen and oxygen atoms in total. The highest BCUT2D eigenvalue weighted by atomic mass is 35.5. The Kier molecular flexibility index (Phi) is 3.84. The average molecular weight is 336 g/mol. The first kappa shape index (κ1) is 14.7. The zero-order valence-electron chi connectivity index (χ0n) is 12.7. The van der Waals surface area contributed by atoms with Crippen LogP contribution in [0.5, 0.6) is 0 Å². The van der Waals surface area contributed by atoms with Gasteiger partial charge in [-0.3, -0.25) is 0 Å². The molecule has 0 atom stereocenters. The number of benzene rings is 2. The zero-order chi connectivity index (χ0) is 16.4. The fourth-order valence-corrected chi connectivity index (χ4v) is 2.90. The second-order valence-corrected chi connectivity index (χ2v) is 5.81. The van der Waals surface area contributed by atoms with Gasteiger partial charge in [0.15, 0.2) is 0 Å². The normalized spacial score (nSPS) is 11.5. The van der Waals surface area contributed by atoms with Gasteiger partial charge in [0.2, 0.25) is 0 Å². The number of para-hydroxylation sites is 1. The molecule has 0 spiro atoms. The van der Waals surface area contributed by atoms with Crippen molar-refractivity contribution >= 4 is 28.7 Å². The lowest BCUT2D eigenvalue weighted by atomic mass is 10.2. The summed E-state index contributed by atoms with van der Waals surface area (Å²) in [6.07, 6.45) is 7.01. The smallest absolute Gasteiger partial charge is 0.141 e. The molecule has 0 amide bonds. The lowest BCUT2D eigenvalue weighted by Gasteiger charge is -2.07. The maximum atomic E-state index is 6.30. The van der Waals surface area contributed by atoms with E-state index in [9.17, 15) is 0 Å². The van der Waals surface area contributed by atoms with E-state index in [1.807, 2.05) is 42.6 Å². The van der Waals surface area contributed by atoms with Crippen molar-refractivity contribution in [2.24, 2.45) is 5.10 Å². The molecule has 118 valence electrons. The molecule has 4 aromatic rings. The van der Waals surface area contributed by atoms with Gasteiger partial charge in [-0.15, -0.1) is 10.2 Å². The van der Waals surface area contributed by atoms with Crippen molar-refractivity contribution in [1.29, 1.82) is 0 Å². The Labute approximate surface area is 143 Å². The van der Waals surface area contributed by atoms with Crippen LogP contribution < -0.4 is 0 Å². The number of hydrogen-bond acceptors (Lipinski definition) is 3. The third-order valence-electron chi connectivity index (χ3n) is 3.85. The van der Waals surface area contributed by atoms with Crippen LogP contribution in [-0.2, 0) is 6.54 Å². The van der Waals surface area contributed by atoms with Gasteiger partial charge in [0.05, 0.1) is 6.21 Å². The van der Waals surface area contributed by atoms with Crippen LogP contribution in [0.2, 0.25) is 5.02 Å². The topological polar surface area (TPSA) is 48.0 Å². The van der Waals surface area contributed by atoms with Gasteiger partial charge in [-0.1, -0.05) is 48.0 Å². The summed E-state index contributed by atoms with van der Waals surface area (Å²) in [4.78, 5) is 0. The largest absolute Gasteiger partial charge is 0.342 e. The van der Waals surface area contributed by atoms with Gasteiger partial charge in [-0.25, -0.2) is 4.68 Å². The molecule has 0 saturated carbocycles. The molecule has 2 aromatic carbocycles. The molecule has 0 aliphatic rings. The Morgan fingerprint density at radius 1 is 1.00 bits per heavy atom. The molecule has 4 rings (SSSR count). The van der Waals surface area contributed by atoms with E-state index in [1.54, 1.807) is 17.3 Å². The molecule has 0 aliphatic carbocycles. The predicted molar refractivity (Wildman–Crippen MR) is 95.5 cm³/mol. The van der Waals surface area contributed by atoms with Crippen molar-refractivity contribution in [3.8, 4) is 0 Å². The predicted octanol–water partition coefficient (Wildman–Crippen LogP) is 3.82. The van der Waals surface area contributed by atoms with Crippen LogP contribution in [0.1, 0.15) is 11.1 Å². The van der Waals surface area contributed by atoms with Crippen LogP contribution in [-0.4, -0.2) is 25.7 Å². The summed E-state index contributed by atoms with van der Waals surface area (Å²) in [6, 6.07) is 16.1. The van der Waals surface area contributed by atoms with Crippen molar-refractivity contribution in [3.63, 3.8) is 0 Å². The van der Waals surface area contributed by atoms with Gasteiger partial charge in [-0.2, -0.15) is 5.10 Å². The second kappa shape index (κ2) is 6.29. The van der Waals surface area contributed by atoms with E-state index < -0.39 is 0 Å². The number of fused-ring (bicyclic) bond motifs is 1. The van der Waals surface area contributed by atoms with E-state index in [1.165, 1.54) is 0 Å². The minimum absolute atomic E-state index is 0.709. The Balaban J connectivity index is 1.75. The first-order chi connectivity index (χ1) is 11.8. The Bertz CT molecular complexity index is 1000. The maximum Gasteiger partial charge on any atom is 0.141 e. The van der Waals surface area contributed by atoms with E-state index >= 15 is 0 Å². The number of hydrogen-bond donors (Lipinski definition) is 0. The van der Waals surface area contributed by atoms with Crippen LogP contribution >= 0.6 is 11.6 Å². The Morgan fingerprint density at radius 2 is 1.75 bits per heavy atom. The lowest BCUT2D eigenvalue weighted by molar-refractivity contribution is 0.836. The average Bonchev–Trinajstić information content (AvgIpc) is 3.24. The van der Waals surface area contributed by atoms with Crippen molar-refractivity contribution in [1.82, 2.24) is 19.4 Å². The summed E-state index contributed by atoms with van der Waals surface area (Å²) in [5.74, 6) is 0. The zero-order valence-corrected chi connectivity index (χ0v) is 13.5. The Morgan fingerprint density at radius 3 is 2.58 bits per heavy atom. The summed E-state index contributed by atoms with van der Waals surface area (Å²) < 4.78 is 3.75. The SMILES string of the molecule is Clc1ccccc1Cn1cc(/C=N\n2cnnc2)c2ccccc21. The monoisotopic (exact) mass is 335 g/mol. The van der Waals surface area contributed by atoms with E-state index in [4.69, 9.17) is 11.6 Å². The van der Waals surface area contributed by atoms with E-state index in [0.29, 0.717) is 6.54 Å². The van der Waals surface area contributed by atoms with Gasteiger partial charge in [0.1, 0.15) is 12.7 Å². The molecule has 0 unspecified atom stereocenters. The van der Waals surface area contributed by atoms with Crippen molar-refractivity contribution in [3.05, 3.63) is 83.5 Å². The lowest BCUT2D eigenvalue weighted by Crippen LogP contribution is -1.98. The number of nitrogens with zero attached hydrogens (tertiary/aromatic N) is 5. The first-order valence-corrected chi connectivity index (χ1v) is 7.89. The van der Waals surface area contributed by atoms with Crippen molar-refractivity contribution < 1.29 is 0 Å². The minimum Gasteiger partial charge on any atom is -0.342 e. The fraction of sp³-hybridized carbons (Fsp3) is 0.0556. The molecule has 2 aromatic heterocycles. The van der Waals surface area contributed by atoms with Gasteiger partial charge < -0.3 is 4.57 Å². The molecule has 0 N–H and O–H groups in total. The van der Waals surface area contributed by atoms with E-state index in [0.717, 1.165) is 27.1 Å². The fourth-order valence-electron chi connectivity index (χ4n) is 2.70. The van der Waals surface area contributed by atoms with E-state index in [2.05, 4.69) is 38.2 Å². The number of halogens is 1. The summed E-state index contributed by atoms with van der Waals surface area (Å²) in [5.41, 5.74) is 3.26. The van der Waals surface area contributed by atoms with E-state index in [-0.39, 0.29) is 0 Å². The van der Waals surface area contributed by atoms with Crippen LogP contribution in [0.15, 0.2) is 72.5 Å². The molecule has 6 heteroatoms.